The van der Waals surface area contributed by atoms with Crippen molar-refractivity contribution in [2.24, 2.45) is 4.99 Å². The Balaban J connectivity index is 0.00000625. The lowest BCUT2D eigenvalue weighted by atomic mass is 10.1. The molecule has 1 aromatic rings. The van der Waals surface area contributed by atoms with Crippen LogP contribution >= 0.6 is 24.0 Å². The second kappa shape index (κ2) is 11.8. The van der Waals surface area contributed by atoms with E-state index in [1.54, 1.807) is 14.2 Å². The van der Waals surface area contributed by atoms with E-state index in [1.165, 1.54) is 0 Å². The van der Waals surface area contributed by atoms with Gasteiger partial charge < -0.3 is 25.4 Å². The number of guanidine groups is 1. The first-order chi connectivity index (χ1) is 11.8. The van der Waals surface area contributed by atoms with Crippen LogP contribution in [0.15, 0.2) is 23.2 Å². The number of hydrogen-bond donors (Lipinski definition) is 3. The Labute approximate surface area is 173 Å². The highest BCUT2D eigenvalue weighted by Gasteiger charge is 2.13. The van der Waals surface area contributed by atoms with Gasteiger partial charge >= 0.3 is 0 Å². The summed E-state index contributed by atoms with van der Waals surface area (Å²) in [6.07, 6.45) is 0. The lowest BCUT2D eigenvalue weighted by molar-refractivity contribution is -0.121. The van der Waals surface area contributed by atoms with E-state index in [0.717, 1.165) is 5.56 Å². The first-order valence-electron chi connectivity index (χ1n) is 8.33. The second-order valence-corrected chi connectivity index (χ2v) is 6.54. The molecule has 7 nitrogen and oxygen atoms in total. The number of hydrogen-bond acceptors (Lipinski definition) is 4. The quantitative estimate of drug-likeness (QED) is 0.318. The molecule has 0 aliphatic rings. The Morgan fingerprint density at radius 3 is 2.31 bits per heavy atom. The van der Waals surface area contributed by atoms with Gasteiger partial charge in [-0.1, -0.05) is 6.07 Å². The number of halogens is 1. The van der Waals surface area contributed by atoms with Gasteiger partial charge in [0.2, 0.25) is 5.91 Å². The van der Waals surface area contributed by atoms with Crippen molar-refractivity contribution in [3.63, 3.8) is 0 Å². The summed E-state index contributed by atoms with van der Waals surface area (Å²) in [7, 11) is 3.20. The van der Waals surface area contributed by atoms with E-state index in [0.29, 0.717) is 30.5 Å². The second-order valence-electron chi connectivity index (χ2n) is 6.54. The Hall–Kier alpha value is -1.71. The molecule has 3 N–H and O–H groups in total. The molecule has 0 saturated heterocycles. The first-order valence-corrected chi connectivity index (χ1v) is 8.33. The number of benzene rings is 1. The van der Waals surface area contributed by atoms with Crippen LogP contribution in [0.1, 0.15) is 33.3 Å². The topological polar surface area (TPSA) is 84.0 Å². The van der Waals surface area contributed by atoms with Crippen molar-refractivity contribution < 1.29 is 14.3 Å². The third-order valence-corrected chi connectivity index (χ3v) is 3.14. The van der Waals surface area contributed by atoms with Gasteiger partial charge in [0.25, 0.3) is 0 Å². The smallest absolute Gasteiger partial charge is 0.239 e. The molecular weight excluding hydrogens is 447 g/mol. The van der Waals surface area contributed by atoms with E-state index in [2.05, 4.69) is 20.9 Å². The summed E-state index contributed by atoms with van der Waals surface area (Å²) in [6, 6.07) is 5.67. The predicted molar refractivity (Wildman–Crippen MR) is 116 cm³/mol. The molecule has 26 heavy (non-hydrogen) atoms. The molecule has 0 unspecified atom stereocenters. The van der Waals surface area contributed by atoms with Crippen LogP contribution in [0, 0.1) is 0 Å². The van der Waals surface area contributed by atoms with Gasteiger partial charge in [0.1, 0.15) is 0 Å². The standard InChI is InChI=1S/C18H30N4O3.HI/c1-7-19-17(21-12-16(23)22-18(2,3)4)20-11-13-8-9-14(24-5)15(10-13)25-6;/h8-10H,7,11-12H2,1-6H3,(H,22,23)(H2,19,20,21);1H. The highest BCUT2D eigenvalue weighted by Crippen LogP contribution is 2.27. The van der Waals surface area contributed by atoms with Gasteiger partial charge in [-0.3, -0.25) is 4.79 Å². The van der Waals surface area contributed by atoms with Gasteiger partial charge in [-0.15, -0.1) is 24.0 Å². The SMILES string of the molecule is CCNC(=NCc1ccc(OC)c(OC)c1)NCC(=O)NC(C)(C)C.I. The van der Waals surface area contributed by atoms with Crippen LogP contribution in [-0.4, -0.2) is 44.7 Å². The van der Waals surface area contributed by atoms with Gasteiger partial charge in [0, 0.05) is 12.1 Å². The molecule has 8 heteroatoms. The molecule has 0 fully saturated rings. The zero-order chi connectivity index (χ0) is 18.9. The van der Waals surface area contributed by atoms with Crippen molar-refractivity contribution >= 4 is 35.8 Å². The van der Waals surface area contributed by atoms with Crippen LogP contribution in [0.3, 0.4) is 0 Å². The maximum absolute atomic E-state index is 11.9. The lowest BCUT2D eigenvalue weighted by Crippen LogP contribution is -2.48. The number of nitrogens with one attached hydrogen (secondary N) is 3. The summed E-state index contributed by atoms with van der Waals surface area (Å²) in [4.78, 5) is 16.4. The van der Waals surface area contributed by atoms with Crippen molar-refractivity contribution in [1.29, 1.82) is 0 Å². The van der Waals surface area contributed by atoms with E-state index in [9.17, 15) is 4.79 Å². The van der Waals surface area contributed by atoms with Gasteiger partial charge in [0.05, 0.1) is 27.3 Å². The van der Waals surface area contributed by atoms with Gasteiger partial charge in [-0.25, -0.2) is 4.99 Å². The number of ether oxygens (including phenoxy) is 2. The summed E-state index contributed by atoms with van der Waals surface area (Å²) in [5.41, 5.74) is 0.725. The zero-order valence-corrected chi connectivity index (χ0v) is 18.8. The molecule has 0 radical (unpaired) electrons. The average molecular weight is 478 g/mol. The van der Waals surface area contributed by atoms with Crippen LogP contribution in [0.25, 0.3) is 0 Å². The normalized spacial score (nSPS) is 11.2. The van der Waals surface area contributed by atoms with Crippen molar-refractivity contribution in [1.82, 2.24) is 16.0 Å². The predicted octanol–water partition coefficient (Wildman–Crippen LogP) is 2.29. The minimum atomic E-state index is -0.256. The largest absolute Gasteiger partial charge is 0.493 e. The molecule has 0 saturated carbocycles. The zero-order valence-electron chi connectivity index (χ0n) is 16.4. The number of carbonyl (C=O) groups excluding carboxylic acids is 1. The molecule has 0 spiro atoms. The monoisotopic (exact) mass is 478 g/mol. The average Bonchev–Trinajstić information content (AvgIpc) is 2.55. The van der Waals surface area contributed by atoms with Crippen LogP contribution < -0.4 is 25.4 Å². The summed E-state index contributed by atoms with van der Waals surface area (Å²) in [6.45, 7) is 9.14. The third kappa shape index (κ3) is 9.12. The number of amides is 1. The molecule has 0 aliphatic carbocycles. The highest BCUT2D eigenvalue weighted by atomic mass is 127. The van der Waals surface area contributed by atoms with Crippen molar-refractivity contribution in [3.05, 3.63) is 23.8 Å². The van der Waals surface area contributed by atoms with Crippen molar-refractivity contribution in [2.75, 3.05) is 27.3 Å². The van der Waals surface area contributed by atoms with Crippen LogP contribution in [0.5, 0.6) is 11.5 Å². The fraction of sp³-hybridized carbons (Fsp3) is 0.556. The number of carbonyl (C=O) groups is 1. The number of methoxy groups -OCH3 is 2. The summed E-state index contributed by atoms with van der Waals surface area (Å²) >= 11 is 0. The molecule has 0 heterocycles. The van der Waals surface area contributed by atoms with E-state index >= 15 is 0 Å². The van der Waals surface area contributed by atoms with E-state index in [1.807, 2.05) is 45.9 Å². The van der Waals surface area contributed by atoms with Gasteiger partial charge in [0.15, 0.2) is 17.5 Å². The molecule has 1 amide bonds. The number of rotatable bonds is 7. The summed E-state index contributed by atoms with van der Waals surface area (Å²) in [5.74, 6) is 1.85. The van der Waals surface area contributed by atoms with Crippen LogP contribution in [0.2, 0.25) is 0 Å². The van der Waals surface area contributed by atoms with Crippen molar-refractivity contribution in [2.45, 2.75) is 39.8 Å². The van der Waals surface area contributed by atoms with E-state index < -0.39 is 0 Å². The summed E-state index contributed by atoms with van der Waals surface area (Å²) < 4.78 is 10.5. The van der Waals surface area contributed by atoms with Crippen molar-refractivity contribution in [3.8, 4) is 11.5 Å². The Kier molecular flexibility index (Phi) is 11.0. The van der Waals surface area contributed by atoms with Crippen LogP contribution in [-0.2, 0) is 11.3 Å². The molecule has 148 valence electrons. The molecule has 0 atom stereocenters. The number of aliphatic imine (C=N–C) groups is 1. The maximum atomic E-state index is 11.9. The molecule has 1 rings (SSSR count). The molecular formula is C18H31IN4O3. The molecule has 1 aromatic carbocycles. The van der Waals surface area contributed by atoms with Crippen LogP contribution in [0.4, 0.5) is 0 Å². The third-order valence-electron chi connectivity index (χ3n) is 3.14. The van der Waals surface area contributed by atoms with E-state index in [-0.39, 0.29) is 42.0 Å². The first kappa shape index (κ1) is 24.3. The maximum Gasteiger partial charge on any atom is 0.239 e. The minimum Gasteiger partial charge on any atom is -0.493 e. The lowest BCUT2D eigenvalue weighted by Gasteiger charge is -2.21. The highest BCUT2D eigenvalue weighted by molar-refractivity contribution is 14.0. The molecule has 0 bridgehead atoms. The molecule has 0 aromatic heterocycles. The van der Waals surface area contributed by atoms with Gasteiger partial charge in [-0.2, -0.15) is 0 Å². The minimum absolute atomic E-state index is 0. The van der Waals surface area contributed by atoms with E-state index in [4.69, 9.17) is 9.47 Å². The fourth-order valence-corrected chi connectivity index (χ4v) is 2.12. The van der Waals surface area contributed by atoms with Gasteiger partial charge in [-0.05, 0) is 45.4 Å². The number of nitrogens with zero attached hydrogens (tertiary/aromatic N) is 1. The Bertz CT molecular complexity index is 601. The summed E-state index contributed by atoms with van der Waals surface area (Å²) in [5, 5.41) is 9.06. The Morgan fingerprint density at radius 1 is 1.12 bits per heavy atom. The Morgan fingerprint density at radius 2 is 1.77 bits per heavy atom. The molecule has 0 aliphatic heterocycles. The fourth-order valence-electron chi connectivity index (χ4n) is 2.12.